The molecule has 68 heavy (non-hydrogen) atoms. The van der Waals surface area contributed by atoms with E-state index >= 15 is 0 Å². The van der Waals surface area contributed by atoms with Crippen LogP contribution in [0, 0.1) is 5.92 Å². The van der Waals surface area contributed by atoms with Crippen LogP contribution in [-0.4, -0.2) is 154 Å². The highest BCUT2D eigenvalue weighted by Gasteiger charge is 2.46. The molecule has 10 atom stereocenters. The number of rotatable bonds is 13. The summed E-state index contributed by atoms with van der Waals surface area (Å²) in [4.78, 5) is 126. The van der Waals surface area contributed by atoms with Gasteiger partial charge in [0.25, 0.3) is 0 Å². The summed E-state index contributed by atoms with van der Waals surface area (Å²) >= 11 is 0. The number of hydrogen-bond acceptors (Lipinski definition) is 13. The molecule has 0 aliphatic carbocycles. The predicted octanol–water partition coefficient (Wildman–Crippen LogP) is -3.86. The van der Waals surface area contributed by atoms with Gasteiger partial charge in [-0.15, -0.1) is 0 Å². The van der Waals surface area contributed by atoms with Crippen LogP contribution in [0.25, 0.3) is 10.9 Å². The van der Waals surface area contributed by atoms with E-state index in [0.29, 0.717) is 11.1 Å². The quantitative estimate of drug-likeness (QED) is 0.0782. The number of carbonyl (C=O) groups is 9. The fourth-order valence-electron chi connectivity index (χ4n) is 7.82. The van der Waals surface area contributed by atoms with Crippen molar-refractivity contribution in [1.82, 2.24) is 52.8 Å². The number of para-hydroxylation sites is 1. The lowest BCUT2D eigenvalue weighted by atomic mass is 9.95. The minimum Gasteiger partial charge on any atom is -0.394 e. The van der Waals surface area contributed by atoms with Crippen LogP contribution in [0.15, 0.2) is 60.8 Å². The maximum Gasteiger partial charge on any atom is 0.245 e. The van der Waals surface area contributed by atoms with E-state index in [1.54, 1.807) is 68.6 Å². The molecule has 2 fully saturated rings. The molecule has 0 saturated carbocycles. The van der Waals surface area contributed by atoms with Crippen LogP contribution >= 0.6 is 0 Å². The average Bonchev–Trinajstić information content (AvgIpc) is 3.70. The molecule has 368 valence electrons. The normalized spacial score (nSPS) is 26.7. The van der Waals surface area contributed by atoms with Gasteiger partial charge < -0.3 is 72.9 Å². The van der Waals surface area contributed by atoms with Crippen molar-refractivity contribution in [2.24, 2.45) is 5.92 Å². The monoisotopic (exact) mass is 948 g/mol. The molecule has 3 heterocycles. The minimum atomic E-state index is -1.79. The maximum absolute atomic E-state index is 14.4. The zero-order chi connectivity index (χ0) is 49.7. The molecule has 2 aliphatic rings. The van der Waals surface area contributed by atoms with Crippen molar-refractivity contribution in [3.8, 4) is 0 Å². The van der Waals surface area contributed by atoms with Gasteiger partial charge in [-0.25, -0.2) is 0 Å². The van der Waals surface area contributed by atoms with Crippen LogP contribution in [0.2, 0.25) is 0 Å². The van der Waals surface area contributed by atoms with Crippen molar-refractivity contribution >= 4 is 64.1 Å². The van der Waals surface area contributed by atoms with Gasteiger partial charge in [0.2, 0.25) is 53.2 Å². The van der Waals surface area contributed by atoms with Crippen LogP contribution in [-0.2, 0) is 60.7 Å². The first-order chi connectivity index (χ1) is 32.3. The Labute approximate surface area is 391 Å². The number of benzene rings is 2. The van der Waals surface area contributed by atoms with E-state index in [9.17, 15) is 58.5 Å². The third kappa shape index (κ3) is 14.5. The summed E-state index contributed by atoms with van der Waals surface area (Å²) in [5, 5.41) is 54.3. The number of aromatic amines is 1. The fraction of sp³-hybridized carbons (Fsp3) is 0.489. The summed E-state index contributed by atoms with van der Waals surface area (Å²) in [7, 11) is 0. The largest absolute Gasteiger partial charge is 0.394 e. The van der Waals surface area contributed by atoms with Gasteiger partial charge in [-0.1, -0.05) is 62.4 Å². The average molecular weight is 949 g/mol. The molecule has 2 aromatic carbocycles. The molecule has 13 N–H and O–H groups in total. The number of amides is 9. The molecule has 0 bridgehead atoms. The van der Waals surface area contributed by atoms with E-state index in [0.717, 1.165) is 17.8 Å². The molecule has 0 radical (unpaired) electrons. The topological polar surface area (TPSA) is 348 Å². The molecular formula is C45H60N10O13. The van der Waals surface area contributed by atoms with Crippen molar-refractivity contribution in [3.63, 3.8) is 0 Å². The number of aliphatic hydroxyl groups is 3. The summed E-state index contributed by atoms with van der Waals surface area (Å²) in [6.07, 6.45) is -5.81. The van der Waals surface area contributed by atoms with Gasteiger partial charge in [-0.3, -0.25) is 43.2 Å². The molecule has 0 unspecified atom stereocenters. The standard InChI is InChI=1S/C45H60N10O13/c1-22(2)14-29-41(64)53-32(17-35(59)55-45-37(49-24(4)58)39(62)38(61)34(21-56)68-45)40(63)48-20-36(60)50-31(16-26-18-47-28-13-9-8-12-27(26)28)43(66)52-30(15-25-10-6-5-7-11-25)42(65)54-33(44(67)51-29)19-46-23(3)57/h5-13,18,22,29-34,37-39,45,47,56,61-62H,14-17,19-21H2,1-4H3,(H,46,57)(H,48,63)(H,49,58)(H,50,60)(H,51,67)(H,52,66)(H,53,64)(H,54,65)(H,55,59)/t29-,30-,31-,32-,33-,34+,37+,38+,39+,45+/m0/s1. The molecule has 2 aliphatic heterocycles. The van der Waals surface area contributed by atoms with Crippen molar-refractivity contribution in [1.29, 1.82) is 0 Å². The van der Waals surface area contributed by atoms with Crippen molar-refractivity contribution < 1.29 is 63.2 Å². The van der Waals surface area contributed by atoms with Crippen LogP contribution < -0.4 is 47.9 Å². The number of fused-ring (bicyclic) bond motifs is 1. The highest BCUT2D eigenvalue weighted by Crippen LogP contribution is 2.21. The number of aliphatic hydroxyl groups excluding tert-OH is 3. The second kappa shape index (κ2) is 24.2. The Morgan fingerprint density at radius 3 is 1.97 bits per heavy atom. The van der Waals surface area contributed by atoms with E-state index in [-0.39, 0.29) is 25.2 Å². The van der Waals surface area contributed by atoms with Gasteiger partial charge in [0.15, 0.2) is 6.23 Å². The molecular weight excluding hydrogens is 889 g/mol. The first-order valence-electron chi connectivity index (χ1n) is 22.1. The third-order valence-electron chi connectivity index (χ3n) is 11.2. The third-order valence-corrected chi connectivity index (χ3v) is 11.2. The second-order valence-electron chi connectivity index (χ2n) is 17.2. The Morgan fingerprint density at radius 2 is 1.31 bits per heavy atom. The second-order valence-corrected chi connectivity index (χ2v) is 17.2. The smallest absolute Gasteiger partial charge is 0.245 e. The maximum atomic E-state index is 14.4. The predicted molar refractivity (Wildman–Crippen MR) is 241 cm³/mol. The summed E-state index contributed by atoms with van der Waals surface area (Å²) in [6.45, 7) is 3.74. The fourth-order valence-corrected chi connectivity index (χ4v) is 7.82. The number of nitrogens with one attached hydrogen (secondary N) is 10. The Kier molecular flexibility index (Phi) is 18.5. The molecule has 2 saturated heterocycles. The number of hydrogen-bond donors (Lipinski definition) is 13. The lowest BCUT2D eigenvalue weighted by Crippen LogP contribution is -2.68. The zero-order valence-electron chi connectivity index (χ0n) is 38.0. The van der Waals surface area contributed by atoms with Gasteiger partial charge >= 0.3 is 0 Å². The lowest BCUT2D eigenvalue weighted by Gasteiger charge is -2.42. The van der Waals surface area contributed by atoms with E-state index < -0.39 is 140 Å². The Morgan fingerprint density at radius 1 is 0.706 bits per heavy atom. The molecule has 1 aromatic heterocycles. The van der Waals surface area contributed by atoms with Crippen LogP contribution in [0.1, 0.15) is 51.7 Å². The SMILES string of the molecule is CC(=O)NC[C@@H]1NC(=O)[C@H](Cc2ccccc2)NC(=O)[C@H](Cc2c[nH]c3ccccc23)NC(=O)CNC(=O)[C@H](CC(=O)N[C@@H]2O[C@H](CO)[C@@H](O)[C@H](O)[C@H]2NC(C)=O)NC(=O)[C@H](CC(C)C)NC1=O. The van der Waals surface area contributed by atoms with Crippen LogP contribution in [0.4, 0.5) is 0 Å². The number of ether oxygens (including phenoxy) is 1. The van der Waals surface area contributed by atoms with Crippen LogP contribution in [0.5, 0.6) is 0 Å². The molecule has 23 heteroatoms. The minimum absolute atomic E-state index is 0.0388. The summed E-state index contributed by atoms with van der Waals surface area (Å²) in [6, 6.07) is 6.98. The van der Waals surface area contributed by atoms with Gasteiger partial charge in [-0.2, -0.15) is 0 Å². The first kappa shape index (κ1) is 52.0. The van der Waals surface area contributed by atoms with Gasteiger partial charge in [-0.05, 0) is 29.5 Å². The van der Waals surface area contributed by atoms with Crippen molar-refractivity contribution in [3.05, 3.63) is 71.9 Å². The number of carbonyl (C=O) groups excluding carboxylic acids is 9. The number of H-pyrrole nitrogens is 1. The number of aromatic nitrogens is 1. The molecule has 9 amide bonds. The van der Waals surface area contributed by atoms with E-state index in [1.165, 1.54) is 6.92 Å². The summed E-state index contributed by atoms with van der Waals surface area (Å²) in [5.41, 5.74) is 1.98. The molecule has 0 spiro atoms. The molecule has 23 nitrogen and oxygen atoms in total. The van der Waals surface area contributed by atoms with E-state index in [1.807, 2.05) is 6.07 Å². The summed E-state index contributed by atoms with van der Waals surface area (Å²) < 4.78 is 5.59. The Bertz CT molecular complexity index is 2310. The summed E-state index contributed by atoms with van der Waals surface area (Å²) in [5.74, 6) is -8.01. The van der Waals surface area contributed by atoms with E-state index in [4.69, 9.17) is 4.74 Å². The van der Waals surface area contributed by atoms with Crippen LogP contribution in [0.3, 0.4) is 0 Å². The molecule has 3 aromatic rings. The van der Waals surface area contributed by atoms with Gasteiger partial charge in [0.1, 0.15) is 54.6 Å². The zero-order valence-corrected chi connectivity index (χ0v) is 38.0. The van der Waals surface area contributed by atoms with Crippen molar-refractivity contribution in [2.45, 2.75) is 114 Å². The highest BCUT2D eigenvalue weighted by atomic mass is 16.5. The Hall–Kier alpha value is -6.95. The lowest BCUT2D eigenvalue weighted by molar-refractivity contribution is -0.203. The molecule has 5 rings (SSSR count). The van der Waals surface area contributed by atoms with Gasteiger partial charge in [0, 0.05) is 50.3 Å². The highest BCUT2D eigenvalue weighted by molar-refractivity contribution is 5.99. The van der Waals surface area contributed by atoms with Gasteiger partial charge in [0.05, 0.1) is 19.6 Å². The van der Waals surface area contributed by atoms with Crippen molar-refractivity contribution in [2.75, 3.05) is 19.7 Å². The van der Waals surface area contributed by atoms with E-state index in [2.05, 4.69) is 52.8 Å². The first-order valence-corrected chi connectivity index (χ1v) is 22.1. The Balaban J connectivity index is 1.50.